The van der Waals surface area contributed by atoms with Crippen molar-refractivity contribution in [2.24, 2.45) is 5.84 Å². The number of hydrogen-bond donors (Lipinski definition) is 2. The molecule has 2 unspecified atom stereocenters. The molecule has 3 heteroatoms. The van der Waals surface area contributed by atoms with Crippen LogP contribution in [0.3, 0.4) is 0 Å². The van der Waals surface area contributed by atoms with E-state index in [1.165, 1.54) is 64.2 Å². The zero-order chi connectivity index (χ0) is 16.0. The molecule has 0 amide bonds. The van der Waals surface area contributed by atoms with Crippen LogP contribution < -0.4 is 11.3 Å². The van der Waals surface area contributed by atoms with Gasteiger partial charge in [0, 0.05) is 13.2 Å². The summed E-state index contributed by atoms with van der Waals surface area (Å²) in [6, 6.07) is 0.251. The topological polar surface area (TPSA) is 47.3 Å². The molecule has 128 valence electrons. The first kappa shape index (κ1) is 20.9. The third kappa shape index (κ3) is 9.49. The fourth-order valence-corrected chi connectivity index (χ4v) is 2.93. The summed E-state index contributed by atoms with van der Waals surface area (Å²) in [5.41, 5.74) is 2.81. The lowest BCUT2D eigenvalue weighted by atomic mass is 9.89. The first-order valence-electron chi connectivity index (χ1n) is 9.15. The van der Waals surface area contributed by atoms with E-state index in [1.54, 1.807) is 7.11 Å². The van der Waals surface area contributed by atoms with E-state index in [-0.39, 0.29) is 11.6 Å². The molecule has 0 aliphatic carbocycles. The van der Waals surface area contributed by atoms with Gasteiger partial charge in [-0.3, -0.25) is 11.3 Å². The smallest absolute Gasteiger partial charge is 0.0813 e. The second kappa shape index (κ2) is 13.5. The summed E-state index contributed by atoms with van der Waals surface area (Å²) in [7, 11) is 1.78. The summed E-state index contributed by atoms with van der Waals surface area (Å²) >= 11 is 0. The maximum atomic E-state index is 5.70. The third-order valence-corrected chi connectivity index (χ3v) is 4.95. The number of ether oxygens (including phenoxy) is 1. The molecule has 0 bridgehead atoms. The van der Waals surface area contributed by atoms with Crippen molar-refractivity contribution < 1.29 is 4.74 Å². The van der Waals surface area contributed by atoms with Crippen LogP contribution in [-0.2, 0) is 4.74 Å². The van der Waals surface area contributed by atoms with Gasteiger partial charge in [-0.05, 0) is 19.8 Å². The molecule has 3 N–H and O–H groups in total. The lowest BCUT2D eigenvalue weighted by Crippen LogP contribution is -2.52. The van der Waals surface area contributed by atoms with Crippen molar-refractivity contribution in [2.45, 2.75) is 109 Å². The fraction of sp³-hybridized carbons (Fsp3) is 1.00. The van der Waals surface area contributed by atoms with Crippen LogP contribution in [-0.4, -0.2) is 18.8 Å². The number of hydrogen-bond acceptors (Lipinski definition) is 3. The van der Waals surface area contributed by atoms with E-state index in [0.29, 0.717) is 0 Å². The number of methoxy groups -OCH3 is 1. The van der Waals surface area contributed by atoms with Crippen LogP contribution in [0.15, 0.2) is 0 Å². The molecule has 2 atom stereocenters. The number of hydrazine groups is 1. The summed E-state index contributed by atoms with van der Waals surface area (Å²) in [5, 5.41) is 0. The van der Waals surface area contributed by atoms with E-state index in [4.69, 9.17) is 10.6 Å². The second-order valence-electron chi connectivity index (χ2n) is 6.56. The minimum Gasteiger partial charge on any atom is -0.377 e. The largest absolute Gasteiger partial charge is 0.377 e. The number of unbranched alkanes of at least 4 members (excludes halogenated alkanes) is 9. The molecule has 0 aromatic heterocycles. The van der Waals surface area contributed by atoms with E-state index in [0.717, 1.165) is 12.8 Å². The van der Waals surface area contributed by atoms with E-state index >= 15 is 0 Å². The monoisotopic (exact) mass is 300 g/mol. The quantitative estimate of drug-likeness (QED) is 0.256. The van der Waals surface area contributed by atoms with Crippen molar-refractivity contribution in [2.75, 3.05) is 7.11 Å². The summed E-state index contributed by atoms with van der Waals surface area (Å²) in [6.07, 6.45) is 15.8. The van der Waals surface area contributed by atoms with E-state index in [2.05, 4.69) is 26.2 Å². The summed E-state index contributed by atoms with van der Waals surface area (Å²) in [4.78, 5) is 0. The minimum atomic E-state index is -0.145. The maximum absolute atomic E-state index is 5.70. The summed E-state index contributed by atoms with van der Waals surface area (Å²) in [6.45, 7) is 6.58. The zero-order valence-corrected chi connectivity index (χ0v) is 15.0. The molecule has 0 aliphatic heterocycles. The van der Waals surface area contributed by atoms with Crippen molar-refractivity contribution >= 4 is 0 Å². The molecule has 0 spiro atoms. The summed E-state index contributed by atoms with van der Waals surface area (Å²) < 4.78 is 5.64. The van der Waals surface area contributed by atoms with Crippen molar-refractivity contribution in [1.29, 1.82) is 0 Å². The molecular formula is C18H40N2O. The van der Waals surface area contributed by atoms with Gasteiger partial charge in [-0.25, -0.2) is 0 Å². The Morgan fingerprint density at radius 3 is 1.76 bits per heavy atom. The van der Waals surface area contributed by atoms with Crippen LogP contribution in [0, 0.1) is 0 Å². The second-order valence-corrected chi connectivity index (χ2v) is 6.56. The predicted octanol–water partition coefficient (Wildman–Crippen LogP) is 4.94. The molecular weight excluding hydrogens is 260 g/mol. The van der Waals surface area contributed by atoms with Crippen LogP contribution in [0.4, 0.5) is 0 Å². The third-order valence-electron chi connectivity index (χ3n) is 4.95. The van der Waals surface area contributed by atoms with Crippen molar-refractivity contribution in [1.82, 2.24) is 5.43 Å². The zero-order valence-electron chi connectivity index (χ0n) is 15.0. The first-order valence-corrected chi connectivity index (χ1v) is 9.15. The predicted molar refractivity (Wildman–Crippen MR) is 93.3 cm³/mol. The van der Waals surface area contributed by atoms with Gasteiger partial charge >= 0.3 is 0 Å². The van der Waals surface area contributed by atoms with Crippen LogP contribution in [0.25, 0.3) is 0 Å². The molecule has 0 fully saturated rings. The van der Waals surface area contributed by atoms with E-state index in [9.17, 15) is 0 Å². The minimum absolute atomic E-state index is 0.145. The highest BCUT2D eigenvalue weighted by molar-refractivity contribution is 4.86. The molecule has 0 aliphatic rings. The molecule has 0 heterocycles. The first-order chi connectivity index (χ1) is 10.1. The lowest BCUT2D eigenvalue weighted by Gasteiger charge is -2.35. The number of nitrogens with two attached hydrogens (primary N) is 1. The number of nitrogens with one attached hydrogen (secondary N) is 1. The van der Waals surface area contributed by atoms with Crippen LogP contribution >= 0.6 is 0 Å². The van der Waals surface area contributed by atoms with Crippen LogP contribution in [0.2, 0.25) is 0 Å². The van der Waals surface area contributed by atoms with Crippen LogP contribution in [0.1, 0.15) is 97.8 Å². The van der Waals surface area contributed by atoms with Gasteiger partial charge in [-0.2, -0.15) is 0 Å². The van der Waals surface area contributed by atoms with Crippen molar-refractivity contribution in [3.63, 3.8) is 0 Å². The molecule has 0 aromatic carbocycles. The molecule has 0 radical (unpaired) electrons. The van der Waals surface area contributed by atoms with Gasteiger partial charge in [-0.1, -0.05) is 78.1 Å². The molecule has 0 rings (SSSR count). The SMILES string of the molecule is CCCCCCCCCCCCC(NN)C(C)(CC)OC. The van der Waals surface area contributed by atoms with Crippen molar-refractivity contribution in [3.05, 3.63) is 0 Å². The Balaban J connectivity index is 3.56. The van der Waals surface area contributed by atoms with Gasteiger partial charge in [0.1, 0.15) is 0 Å². The maximum Gasteiger partial charge on any atom is 0.0813 e. The highest BCUT2D eigenvalue weighted by Gasteiger charge is 2.31. The number of rotatable bonds is 15. The van der Waals surface area contributed by atoms with Gasteiger partial charge in [-0.15, -0.1) is 0 Å². The normalized spacial score (nSPS) is 15.9. The average Bonchev–Trinajstić information content (AvgIpc) is 2.52. The fourth-order valence-electron chi connectivity index (χ4n) is 2.93. The Hall–Kier alpha value is -0.120. The highest BCUT2D eigenvalue weighted by atomic mass is 16.5. The molecule has 3 nitrogen and oxygen atoms in total. The van der Waals surface area contributed by atoms with E-state index in [1.807, 2.05) is 0 Å². The molecule has 0 saturated carbocycles. The standard InChI is InChI=1S/C18H40N2O/c1-5-7-8-9-10-11-12-13-14-15-16-17(20-19)18(3,6-2)21-4/h17,20H,5-16,19H2,1-4H3. The Labute approximate surface area is 133 Å². The lowest BCUT2D eigenvalue weighted by molar-refractivity contribution is -0.0317. The molecule has 0 saturated heterocycles. The Bertz CT molecular complexity index is 217. The van der Waals surface area contributed by atoms with Crippen LogP contribution in [0.5, 0.6) is 0 Å². The van der Waals surface area contributed by atoms with Gasteiger partial charge < -0.3 is 4.74 Å². The molecule has 21 heavy (non-hydrogen) atoms. The van der Waals surface area contributed by atoms with Gasteiger partial charge in [0.2, 0.25) is 0 Å². The molecule has 0 aromatic rings. The Morgan fingerprint density at radius 1 is 0.905 bits per heavy atom. The summed E-state index contributed by atoms with van der Waals surface area (Å²) in [5.74, 6) is 5.70. The Morgan fingerprint density at radius 2 is 1.38 bits per heavy atom. The average molecular weight is 301 g/mol. The van der Waals surface area contributed by atoms with Crippen molar-refractivity contribution in [3.8, 4) is 0 Å². The highest BCUT2D eigenvalue weighted by Crippen LogP contribution is 2.23. The Kier molecular flexibility index (Phi) is 13.5. The van der Waals surface area contributed by atoms with Gasteiger partial charge in [0.15, 0.2) is 0 Å². The van der Waals surface area contributed by atoms with E-state index < -0.39 is 0 Å². The van der Waals surface area contributed by atoms with Gasteiger partial charge in [0.05, 0.1) is 5.60 Å². The van der Waals surface area contributed by atoms with Gasteiger partial charge in [0.25, 0.3) is 0 Å².